The van der Waals surface area contributed by atoms with Crippen LogP contribution in [0.3, 0.4) is 0 Å². The molecule has 4 rings (SSSR count). The van der Waals surface area contributed by atoms with E-state index in [1.165, 1.54) is 26.4 Å². The van der Waals surface area contributed by atoms with Crippen LogP contribution in [-0.4, -0.2) is 76.4 Å². The Morgan fingerprint density at radius 2 is 1.33 bits per heavy atom. The summed E-state index contributed by atoms with van der Waals surface area (Å²) in [4.78, 5) is 26.2. The third-order valence-corrected chi connectivity index (χ3v) is 7.76. The number of aryl methyl sites for hydroxylation is 1. The van der Waals surface area contributed by atoms with Gasteiger partial charge in [0.1, 0.15) is 5.75 Å². The molecule has 45 heavy (non-hydrogen) atoms. The molecule has 4 aromatic rings. The number of carboxylic acids is 1. The normalized spacial score (nSPS) is 11.7. The molecule has 13 heteroatoms. The number of benzene rings is 3. The van der Waals surface area contributed by atoms with Gasteiger partial charge in [0.15, 0.2) is 6.54 Å². The minimum atomic E-state index is -4.40. The number of hydrogen-bond donors (Lipinski definition) is 1. The monoisotopic (exact) mass is 641 g/mol. The zero-order valence-electron chi connectivity index (χ0n) is 25.0. The molecular formula is C32H35NO11S. The van der Waals surface area contributed by atoms with E-state index in [1.54, 1.807) is 48.5 Å². The van der Waals surface area contributed by atoms with Crippen molar-refractivity contribution in [3.63, 3.8) is 0 Å². The van der Waals surface area contributed by atoms with Gasteiger partial charge in [-0.3, -0.25) is 0 Å². The Balaban J connectivity index is 1.82. The zero-order valence-corrected chi connectivity index (χ0v) is 25.8. The Morgan fingerprint density at radius 1 is 0.822 bits per heavy atom. The molecule has 0 amide bonds. The van der Waals surface area contributed by atoms with Crippen LogP contribution in [-0.2, 0) is 48.8 Å². The molecule has 0 atom stereocenters. The maximum absolute atomic E-state index is 14.2. The Kier molecular flexibility index (Phi) is 11.9. The van der Waals surface area contributed by atoms with Crippen LogP contribution in [0, 0.1) is 0 Å². The number of ether oxygens (including phenoxy) is 5. The van der Waals surface area contributed by atoms with E-state index in [4.69, 9.17) is 23.7 Å². The van der Waals surface area contributed by atoms with Gasteiger partial charge < -0.3 is 33.3 Å². The van der Waals surface area contributed by atoms with Crippen LogP contribution in [0.5, 0.6) is 5.75 Å². The Morgan fingerprint density at radius 3 is 1.80 bits per heavy atom. The SMILES string of the molecule is COCCOCc1cc(C(=O)O)cc(COCCOC)c1OC(=O)c1c2ccccc2[n+](CCCS(=O)(=O)[O-])c2ccccc12. The highest BCUT2D eigenvalue weighted by molar-refractivity contribution is 7.85. The molecule has 12 nitrogen and oxygen atoms in total. The largest absolute Gasteiger partial charge is 0.748 e. The van der Waals surface area contributed by atoms with Gasteiger partial charge >= 0.3 is 11.9 Å². The fourth-order valence-corrected chi connectivity index (χ4v) is 5.47. The van der Waals surface area contributed by atoms with Gasteiger partial charge in [-0.25, -0.2) is 18.0 Å². The second-order valence-corrected chi connectivity index (χ2v) is 11.6. The predicted molar refractivity (Wildman–Crippen MR) is 162 cm³/mol. The molecular weight excluding hydrogens is 606 g/mol. The lowest BCUT2D eigenvalue weighted by atomic mass is 10.0. The van der Waals surface area contributed by atoms with Gasteiger partial charge in [0.25, 0.3) is 0 Å². The van der Waals surface area contributed by atoms with Crippen LogP contribution in [0.2, 0.25) is 0 Å². The van der Waals surface area contributed by atoms with E-state index in [1.807, 2.05) is 4.57 Å². The molecule has 0 aliphatic heterocycles. The second-order valence-electron chi connectivity index (χ2n) is 10.1. The summed E-state index contributed by atoms with van der Waals surface area (Å²) in [5, 5.41) is 10.9. The summed E-state index contributed by atoms with van der Waals surface area (Å²) in [5.41, 5.74) is 2.18. The number of para-hydroxylation sites is 2. The number of methoxy groups -OCH3 is 2. The van der Waals surface area contributed by atoms with Crippen LogP contribution in [0.25, 0.3) is 21.8 Å². The Hall–Kier alpha value is -3.98. The zero-order chi connectivity index (χ0) is 32.4. The van der Waals surface area contributed by atoms with Crippen molar-refractivity contribution < 1.29 is 55.9 Å². The number of carbonyl (C=O) groups is 2. The maximum Gasteiger partial charge on any atom is 0.345 e. The van der Waals surface area contributed by atoms with Crippen LogP contribution < -0.4 is 9.30 Å². The van der Waals surface area contributed by atoms with Gasteiger partial charge in [-0.15, -0.1) is 0 Å². The first-order valence-corrected chi connectivity index (χ1v) is 15.7. The van der Waals surface area contributed by atoms with Crippen LogP contribution >= 0.6 is 0 Å². The van der Waals surface area contributed by atoms with Crippen molar-refractivity contribution in [3.8, 4) is 5.75 Å². The van der Waals surface area contributed by atoms with E-state index in [0.717, 1.165) is 0 Å². The third-order valence-electron chi connectivity index (χ3n) is 6.97. The van der Waals surface area contributed by atoms with E-state index in [0.29, 0.717) is 46.1 Å². The standard InChI is InChI=1S/C32H35NO11S/c1-40-13-15-42-20-23-18-22(31(34)35)19-24(21-43-16-14-41-2)30(23)44-32(36)29-25-8-3-5-10-27(25)33(12-7-17-45(37,38)39)28-11-6-4-9-26(28)29/h3-6,8-11,18-19H,7,12-17,20-21H2,1-2H3,(H-,34,35,37,38,39). The molecule has 0 bridgehead atoms. The van der Waals surface area contributed by atoms with Gasteiger partial charge in [0.2, 0.25) is 11.0 Å². The van der Waals surface area contributed by atoms with Crippen LogP contribution in [0.4, 0.5) is 0 Å². The summed E-state index contributed by atoms with van der Waals surface area (Å²) in [7, 11) is -1.35. The number of aromatic nitrogens is 1. The van der Waals surface area contributed by atoms with Crippen molar-refractivity contribution in [3.05, 3.63) is 82.9 Å². The summed E-state index contributed by atoms with van der Waals surface area (Å²) in [6, 6.07) is 17.0. The molecule has 1 heterocycles. The smallest absolute Gasteiger partial charge is 0.345 e. The number of carbonyl (C=O) groups excluding carboxylic acids is 1. The Labute approximate surface area is 260 Å². The summed E-state index contributed by atoms with van der Waals surface area (Å²) in [6.07, 6.45) is 0.0864. The topological polar surface area (TPSA) is 162 Å². The van der Waals surface area contributed by atoms with E-state index >= 15 is 0 Å². The fourth-order valence-electron chi connectivity index (χ4n) is 4.99. The second kappa shape index (κ2) is 15.8. The van der Waals surface area contributed by atoms with Gasteiger partial charge in [-0.1, -0.05) is 24.3 Å². The van der Waals surface area contributed by atoms with Gasteiger partial charge in [0, 0.05) is 49.7 Å². The predicted octanol–water partition coefficient (Wildman–Crippen LogP) is 3.46. The Bertz CT molecular complexity index is 1680. The van der Waals surface area contributed by atoms with E-state index in [-0.39, 0.29) is 56.3 Å². The van der Waals surface area contributed by atoms with Gasteiger partial charge in [-0.05, 0) is 24.3 Å². The molecule has 0 saturated heterocycles. The van der Waals surface area contributed by atoms with E-state index < -0.39 is 27.8 Å². The first kappa shape index (κ1) is 33.9. The van der Waals surface area contributed by atoms with Crippen molar-refractivity contribution in [2.24, 2.45) is 0 Å². The van der Waals surface area contributed by atoms with Crippen molar-refractivity contribution in [2.75, 3.05) is 46.4 Å². The van der Waals surface area contributed by atoms with Gasteiger partial charge in [-0.2, -0.15) is 4.57 Å². The number of fused-ring (bicyclic) bond motifs is 2. The molecule has 1 aromatic heterocycles. The van der Waals surface area contributed by atoms with Crippen molar-refractivity contribution in [1.29, 1.82) is 0 Å². The minimum absolute atomic E-state index is 0.0257. The highest BCUT2D eigenvalue weighted by Gasteiger charge is 2.27. The number of hydrogen-bond acceptors (Lipinski definition) is 10. The third kappa shape index (κ3) is 8.81. The highest BCUT2D eigenvalue weighted by Crippen LogP contribution is 2.32. The number of pyridine rings is 1. The molecule has 0 radical (unpaired) electrons. The molecule has 0 spiro atoms. The first-order chi connectivity index (χ1) is 21.6. The number of carboxylic acid groups (broad SMARTS) is 1. The lowest BCUT2D eigenvalue weighted by Crippen LogP contribution is -2.37. The van der Waals surface area contributed by atoms with Crippen LogP contribution in [0.1, 0.15) is 38.3 Å². The summed E-state index contributed by atoms with van der Waals surface area (Å²) in [6.45, 7) is 1.17. The average molecular weight is 642 g/mol. The molecule has 240 valence electrons. The maximum atomic E-state index is 14.2. The summed E-state index contributed by atoms with van der Waals surface area (Å²) < 4.78 is 63.3. The molecule has 3 aromatic carbocycles. The molecule has 0 aliphatic rings. The van der Waals surface area contributed by atoms with Gasteiger partial charge in [0.05, 0.1) is 71.7 Å². The van der Waals surface area contributed by atoms with Crippen molar-refractivity contribution >= 4 is 43.9 Å². The molecule has 1 N–H and O–H groups in total. The summed E-state index contributed by atoms with van der Waals surface area (Å²) in [5.74, 6) is -2.27. The van der Waals surface area contributed by atoms with Crippen LogP contribution in [0.15, 0.2) is 60.7 Å². The molecule has 0 saturated carbocycles. The van der Waals surface area contributed by atoms with E-state index in [2.05, 4.69) is 0 Å². The minimum Gasteiger partial charge on any atom is -0.748 e. The first-order valence-electron chi connectivity index (χ1n) is 14.2. The number of aromatic carboxylic acids is 1. The molecule has 0 fully saturated rings. The highest BCUT2D eigenvalue weighted by atomic mass is 32.2. The average Bonchev–Trinajstić information content (AvgIpc) is 3.01. The van der Waals surface area contributed by atoms with E-state index in [9.17, 15) is 27.7 Å². The number of rotatable bonds is 17. The number of nitrogens with zero attached hydrogens (tertiary/aromatic N) is 1. The van der Waals surface area contributed by atoms with Crippen molar-refractivity contribution in [2.45, 2.75) is 26.2 Å². The van der Waals surface area contributed by atoms with Crippen molar-refractivity contribution in [1.82, 2.24) is 0 Å². The summed E-state index contributed by atoms with van der Waals surface area (Å²) >= 11 is 0. The quantitative estimate of drug-likeness (QED) is 0.0449. The fraction of sp³-hybridized carbons (Fsp3) is 0.344. The molecule has 0 unspecified atom stereocenters. The number of esters is 1. The lowest BCUT2D eigenvalue weighted by Gasteiger charge is -2.18. The molecule has 0 aliphatic carbocycles. The lowest BCUT2D eigenvalue weighted by molar-refractivity contribution is -0.645.